The maximum Gasteiger partial charge on any atom is 0.387 e. The molecule has 130 valence electrons. The van der Waals surface area contributed by atoms with E-state index in [1.165, 1.54) is 31.4 Å². The zero-order valence-electron chi connectivity index (χ0n) is 12.9. The van der Waals surface area contributed by atoms with E-state index in [-0.39, 0.29) is 11.4 Å². The lowest BCUT2D eigenvalue weighted by Crippen LogP contribution is -2.26. The van der Waals surface area contributed by atoms with Crippen molar-refractivity contribution in [3.8, 4) is 11.5 Å². The molecule has 1 N–H and O–H groups in total. The number of halogens is 2. The van der Waals surface area contributed by atoms with Gasteiger partial charge in [0.15, 0.2) is 0 Å². The van der Waals surface area contributed by atoms with E-state index in [4.69, 9.17) is 4.74 Å². The second kappa shape index (κ2) is 8.07. The monoisotopic (exact) mass is 357 g/mol. The molecule has 0 heterocycles. The van der Waals surface area contributed by atoms with Gasteiger partial charge in [-0.1, -0.05) is 30.3 Å². The number of alkyl halides is 2. The maximum absolute atomic E-state index is 12.4. The predicted molar refractivity (Wildman–Crippen MR) is 85.0 cm³/mol. The van der Waals surface area contributed by atoms with Crippen LogP contribution in [0.25, 0.3) is 0 Å². The van der Waals surface area contributed by atoms with Crippen LogP contribution in [0.3, 0.4) is 0 Å². The highest BCUT2D eigenvalue weighted by Crippen LogP contribution is 2.25. The second-order valence-corrected chi connectivity index (χ2v) is 6.52. The molecule has 0 aromatic heterocycles. The van der Waals surface area contributed by atoms with Crippen LogP contribution in [0.2, 0.25) is 0 Å². The van der Waals surface area contributed by atoms with Gasteiger partial charge in [0.2, 0.25) is 10.0 Å². The molecular formula is C16H17F2NO4S. The molecule has 2 rings (SSSR count). The van der Waals surface area contributed by atoms with Crippen molar-refractivity contribution in [2.45, 2.75) is 17.9 Å². The van der Waals surface area contributed by atoms with Crippen LogP contribution in [0.4, 0.5) is 8.78 Å². The molecule has 24 heavy (non-hydrogen) atoms. The first-order chi connectivity index (χ1) is 11.4. The Morgan fingerprint density at radius 3 is 2.33 bits per heavy atom. The summed E-state index contributed by atoms with van der Waals surface area (Å²) in [6, 6.07) is 12.5. The Balaban J connectivity index is 2.09. The molecule has 0 fully saturated rings. The SMILES string of the molecule is COc1ccccc1CCNS(=O)(=O)c1ccccc1OC(F)F. The Morgan fingerprint density at radius 1 is 1.04 bits per heavy atom. The lowest BCUT2D eigenvalue weighted by atomic mass is 10.1. The minimum atomic E-state index is -3.98. The molecule has 2 aromatic carbocycles. The maximum atomic E-state index is 12.4. The molecule has 0 bridgehead atoms. The van der Waals surface area contributed by atoms with Gasteiger partial charge in [0.25, 0.3) is 0 Å². The van der Waals surface area contributed by atoms with Gasteiger partial charge >= 0.3 is 6.61 Å². The topological polar surface area (TPSA) is 64.6 Å². The van der Waals surface area contributed by atoms with E-state index >= 15 is 0 Å². The largest absolute Gasteiger partial charge is 0.496 e. The van der Waals surface area contributed by atoms with Crippen LogP contribution in [-0.2, 0) is 16.4 Å². The summed E-state index contributed by atoms with van der Waals surface area (Å²) in [5.74, 6) is 0.260. The third-order valence-electron chi connectivity index (χ3n) is 3.23. The number of benzene rings is 2. The molecule has 0 aliphatic rings. The fourth-order valence-corrected chi connectivity index (χ4v) is 3.34. The Bertz CT molecular complexity index is 781. The molecule has 0 spiro atoms. The van der Waals surface area contributed by atoms with Gasteiger partial charge < -0.3 is 9.47 Å². The quantitative estimate of drug-likeness (QED) is 0.789. The number of ether oxygens (including phenoxy) is 2. The molecule has 0 aliphatic carbocycles. The summed E-state index contributed by atoms with van der Waals surface area (Å²) < 4.78 is 61.2. The average molecular weight is 357 g/mol. The summed E-state index contributed by atoms with van der Waals surface area (Å²) in [7, 11) is -2.45. The van der Waals surface area contributed by atoms with Gasteiger partial charge in [-0.15, -0.1) is 0 Å². The zero-order chi connectivity index (χ0) is 17.6. The first kappa shape index (κ1) is 18.2. The van der Waals surface area contributed by atoms with Crippen molar-refractivity contribution in [3.63, 3.8) is 0 Å². The fraction of sp³-hybridized carbons (Fsp3) is 0.250. The van der Waals surface area contributed by atoms with E-state index in [1.54, 1.807) is 6.07 Å². The molecule has 2 aromatic rings. The molecule has 0 saturated heterocycles. The molecule has 0 aliphatic heterocycles. The smallest absolute Gasteiger partial charge is 0.387 e. The van der Waals surface area contributed by atoms with Gasteiger partial charge in [-0.25, -0.2) is 13.1 Å². The number of para-hydroxylation sites is 2. The summed E-state index contributed by atoms with van der Waals surface area (Å²) in [6.45, 7) is -3.01. The minimum absolute atomic E-state index is 0.0890. The summed E-state index contributed by atoms with van der Waals surface area (Å²) in [5, 5.41) is 0. The summed E-state index contributed by atoms with van der Waals surface area (Å²) in [4.78, 5) is -0.328. The van der Waals surface area contributed by atoms with Crippen LogP contribution in [0, 0.1) is 0 Å². The van der Waals surface area contributed by atoms with Crippen molar-refractivity contribution in [3.05, 3.63) is 54.1 Å². The first-order valence-electron chi connectivity index (χ1n) is 7.09. The highest BCUT2D eigenvalue weighted by molar-refractivity contribution is 7.89. The Hall–Kier alpha value is -2.19. The molecule has 8 heteroatoms. The van der Waals surface area contributed by atoms with Crippen LogP contribution >= 0.6 is 0 Å². The molecule has 0 saturated carbocycles. The lowest BCUT2D eigenvalue weighted by molar-refractivity contribution is -0.0517. The number of methoxy groups -OCH3 is 1. The molecule has 5 nitrogen and oxygen atoms in total. The van der Waals surface area contributed by atoms with Gasteiger partial charge in [0.1, 0.15) is 16.4 Å². The van der Waals surface area contributed by atoms with Gasteiger partial charge in [-0.05, 0) is 30.2 Å². The summed E-state index contributed by atoms with van der Waals surface area (Å²) in [6.07, 6.45) is 0.390. The van der Waals surface area contributed by atoms with Crippen molar-refractivity contribution in [1.29, 1.82) is 0 Å². The van der Waals surface area contributed by atoms with Gasteiger partial charge in [0, 0.05) is 6.54 Å². The third kappa shape index (κ3) is 4.65. The van der Waals surface area contributed by atoms with Crippen molar-refractivity contribution in [2.24, 2.45) is 0 Å². The standard InChI is InChI=1S/C16H17F2NO4S/c1-22-13-7-3-2-6-12(13)10-11-19-24(20,21)15-9-5-4-8-14(15)23-16(17)18/h2-9,16,19H,10-11H2,1H3. The van der Waals surface area contributed by atoms with E-state index in [1.807, 2.05) is 18.2 Å². The van der Waals surface area contributed by atoms with Gasteiger partial charge in [-0.3, -0.25) is 0 Å². The number of sulfonamides is 1. The van der Waals surface area contributed by atoms with Crippen molar-refractivity contribution < 1.29 is 26.7 Å². The van der Waals surface area contributed by atoms with Gasteiger partial charge in [-0.2, -0.15) is 8.78 Å². The van der Waals surface area contributed by atoms with Crippen molar-refractivity contribution in [2.75, 3.05) is 13.7 Å². The Morgan fingerprint density at radius 2 is 1.67 bits per heavy atom. The van der Waals surface area contributed by atoms with Crippen LogP contribution in [0.5, 0.6) is 11.5 Å². The summed E-state index contributed by atoms with van der Waals surface area (Å²) in [5.41, 5.74) is 0.833. The predicted octanol–water partition coefficient (Wildman–Crippen LogP) is 2.82. The first-order valence-corrected chi connectivity index (χ1v) is 8.58. The summed E-state index contributed by atoms with van der Waals surface area (Å²) >= 11 is 0. The van der Waals surface area contributed by atoms with Crippen LogP contribution < -0.4 is 14.2 Å². The number of hydrogen-bond acceptors (Lipinski definition) is 4. The van der Waals surface area contributed by atoms with E-state index in [0.717, 1.165) is 5.56 Å². The van der Waals surface area contributed by atoms with E-state index in [0.29, 0.717) is 12.2 Å². The molecular weight excluding hydrogens is 340 g/mol. The van der Waals surface area contributed by atoms with Crippen LogP contribution in [0.15, 0.2) is 53.4 Å². The Labute approximate surface area is 139 Å². The van der Waals surface area contributed by atoms with E-state index in [2.05, 4.69) is 9.46 Å². The second-order valence-electron chi connectivity index (χ2n) is 4.78. The number of nitrogens with one attached hydrogen (secondary N) is 1. The van der Waals surface area contributed by atoms with Crippen LogP contribution in [-0.4, -0.2) is 28.7 Å². The molecule has 0 amide bonds. The Kier molecular flexibility index (Phi) is 6.10. The normalized spacial score (nSPS) is 11.5. The zero-order valence-corrected chi connectivity index (χ0v) is 13.7. The average Bonchev–Trinajstić information content (AvgIpc) is 2.55. The van der Waals surface area contributed by atoms with Crippen molar-refractivity contribution in [1.82, 2.24) is 4.72 Å². The molecule has 0 atom stereocenters. The highest BCUT2D eigenvalue weighted by atomic mass is 32.2. The van der Waals surface area contributed by atoms with Crippen molar-refractivity contribution >= 4 is 10.0 Å². The minimum Gasteiger partial charge on any atom is -0.496 e. The number of hydrogen-bond donors (Lipinski definition) is 1. The molecule has 0 unspecified atom stereocenters. The van der Waals surface area contributed by atoms with Crippen LogP contribution in [0.1, 0.15) is 5.56 Å². The fourth-order valence-electron chi connectivity index (χ4n) is 2.17. The van der Waals surface area contributed by atoms with Gasteiger partial charge in [0.05, 0.1) is 7.11 Å². The number of rotatable bonds is 8. The molecule has 0 radical (unpaired) electrons. The highest BCUT2D eigenvalue weighted by Gasteiger charge is 2.20. The lowest BCUT2D eigenvalue weighted by Gasteiger charge is -2.12. The van der Waals surface area contributed by atoms with E-state index in [9.17, 15) is 17.2 Å². The third-order valence-corrected chi connectivity index (χ3v) is 4.73. The van der Waals surface area contributed by atoms with E-state index < -0.39 is 22.4 Å².